The molecule has 21 heavy (non-hydrogen) atoms. The maximum absolute atomic E-state index is 9.41. The lowest BCUT2D eigenvalue weighted by Gasteiger charge is -2.14. The Kier molecular flexibility index (Phi) is 6.39. The molecular weight excluding hydrogens is 306 g/mol. The van der Waals surface area contributed by atoms with Gasteiger partial charge in [-0.3, -0.25) is 0 Å². The number of hydrogen-bond acceptors (Lipinski definition) is 4. The lowest BCUT2D eigenvalue weighted by atomic mass is 10.2. The fourth-order valence-electron chi connectivity index (χ4n) is 1.82. The standard InChI is InChI=1S/C16H18ClNO2S/c17-13-5-3-4-12(8-13)11-21-16-7-2-1-6-15(16)18-9-14(20)10-19/h1-8,14,18-20H,9-11H2. The van der Waals surface area contributed by atoms with E-state index in [1.54, 1.807) is 11.8 Å². The summed E-state index contributed by atoms with van der Waals surface area (Å²) in [6.45, 7) is 0.0794. The first-order valence-corrected chi connectivity index (χ1v) is 8.04. The quantitative estimate of drug-likeness (QED) is 0.684. The first-order valence-electron chi connectivity index (χ1n) is 6.68. The SMILES string of the molecule is OCC(O)CNc1ccccc1SCc1cccc(Cl)c1. The lowest BCUT2D eigenvalue weighted by Crippen LogP contribution is -2.23. The number of thioether (sulfide) groups is 1. The topological polar surface area (TPSA) is 52.5 Å². The van der Waals surface area contributed by atoms with Crippen LogP contribution in [0.15, 0.2) is 53.4 Å². The lowest BCUT2D eigenvalue weighted by molar-refractivity contribution is 0.105. The van der Waals surface area contributed by atoms with Gasteiger partial charge in [0.1, 0.15) is 0 Å². The highest BCUT2D eigenvalue weighted by atomic mass is 35.5. The van der Waals surface area contributed by atoms with Gasteiger partial charge >= 0.3 is 0 Å². The molecule has 0 saturated heterocycles. The Morgan fingerprint density at radius 2 is 1.95 bits per heavy atom. The molecule has 0 heterocycles. The predicted molar refractivity (Wildman–Crippen MR) is 89.0 cm³/mol. The molecule has 1 unspecified atom stereocenters. The normalized spacial score (nSPS) is 12.1. The maximum atomic E-state index is 9.41. The van der Waals surface area contributed by atoms with Crippen LogP contribution in [0.4, 0.5) is 5.69 Å². The number of aliphatic hydroxyl groups is 2. The Bertz CT molecular complexity index is 580. The fraction of sp³-hybridized carbons (Fsp3) is 0.250. The van der Waals surface area contributed by atoms with Crippen molar-refractivity contribution in [2.75, 3.05) is 18.5 Å². The zero-order chi connectivity index (χ0) is 15.1. The summed E-state index contributed by atoms with van der Waals surface area (Å²) in [5, 5.41) is 22.2. The van der Waals surface area contributed by atoms with Gasteiger partial charge in [-0.2, -0.15) is 0 Å². The molecule has 0 fully saturated rings. The van der Waals surface area contributed by atoms with Gasteiger partial charge < -0.3 is 15.5 Å². The Balaban J connectivity index is 1.99. The van der Waals surface area contributed by atoms with Gasteiger partial charge in [-0.1, -0.05) is 35.9 Å². The summed E-state index contributed by atoms with van der Waals surface area (Å²) in [6, 6.07) is 15.7. The highest BCUT2D eigenvalue weighted by molar-refractivity contribution is 7.98. The van der Waals surface area contributed by atoms with Gasteiger partial charge in [-0.05, 0) is 29.8 Å². The van der Waals surface area contributed by atoms with Crippen molar-refractivity contribution in [1.29, 1.82) is 0 Å². The van der Waals surface area contributed by atoms with Crippen molar-refractivity contribution in [3.63, 3.8) is 0 Å². The third kappa shape index (κ3) is 5.25. The number of benzene rings is 2. The minimum absolute atomic E-state index is 0.245. The molecule has 3 nitrogen and oxygen atoms in total. The molecule has 0 spiro atoms. The highest BCUT2D eigenvalue weighted by Crippen LogP contribution is 2.30. The summed E-state index contributed by atoms with van der Waals surface area (Å²) in [5.74, 6) is 0.821. The number of hydrogen-bond donors (Lipinski definition) is 3. The van der Waals surface area contributed by atoms with Crippen LogP contribution < -0.4 is 5.32 Å². The van der Waals surface area contributed by atoms with Gasteiger partial charge in [0.25, 0.3) is 0 Å². The zero-order valence-corrected chi connectivity index (χ0v) is 13.1. The number of para-hydroxylation sites is 1. The molecule has 2 rings (SSSR count). The van der Waals surface area contributed by atoms with Gasteiger partial charge in [0.15, 0.2) is 0 Å². The van der Waals surface area contributed by atoms with Crippen molar-refractivity contribution in [3.8, 4) is 0 Å². The number of rotatable bonds is 7. The molecule has 0 aliphatic heterocycles. The predicted octanol–water partition coefficient (Wildman–Crippen LogP) is 3.40. The molecule has 1 atom stereocenters. The molecule has 0 aliphatic rings. The monoisotopic (exact) mass is 323 g/mol. The van der Waals surface area contributed by atoms with E-state index in [1.165, 1.54) is 0 Å². The van der Waals surface area contributed by atoms with Crippen LogP contribution in [-0.4, -0.2) is 29.5 Å². The van der Waals surface area contributed by atoms with Crippen molar-refractivity contribution in [2.24, 2.45) is 0 Å². The van der Waals surface area contributed by atoms with Crippen molar-refractivity contribution < 1.29 is 10.2 Å². The van der Waals surface area contributed by atoms with Crippen LogP contribution in [0.3, 0.4) is 0 Å². The molecule has 3 N–H and O–H groups in total. The second-order valence-corrected chi connectivity index (χ2v) is 6.09. The smallest absolute Gasteiger partial charge is 0.0942 e. The van der Waals surface area contributed by atoms with E-state index in [0.717, 1.165) is 26.9 Å². The first-order chi connectivity index (χ1) is 10.2. The molecule has 2 aromatic carbocycles. The minimum atomic E-state index is -0.754. The molecule has 112 valence electrons. The van der Waals surface area contributed by atoms with Gasteiger partial charge in [-0.25, -0.2) is 0 Å². The molecule has 0 radical (unpaired) electrons. The minimum Gasteiger partial charge on any atom is -0.394 e. The third-order valence-electron chi connectivity index (χ3n) is 2.91. The zero-order valence-electron chi connectivity index (χ0n) is 11.5. The summed E-state index contributed by atoms with van der Waals surface area (Å²) in [7, 11) is 0. The van der Waals surface area contributed by atoms with Crippen LogP contribution in [0.5, 0.6) is 0 Å². The average molecular weight is 324 g/mol. The van der Waals surface area contributed by atoms with E-state index in [2.05, 4.69) is 5.32 Å². The number of aliphatic hydroxyl groups excluding tert-OH is 2. The van der Waals surface area contributed by atoms with Crippen molar-refractivity contribution in [1.82, 2.24) is 0 Å². The summed E-state index contributed by atoms with van der Waals surface area (Å²) in [4.78, 5) is 1.10. The maximum Gasteiger partial charge on any atom is 0.0942 e. The Morgan fingerprint density at radius 3 is 2.71 bits per heavy atom. The summed E-state index contributed by atoms with van der Waals surface area (Å²) in [6.07, 6.45) is -0.754. The molecule has 0 aliphatic carbocycles. The van der Waals surface area contributed by atoms with Crippen molar-refractivity contribution in [3.05, 3.63) is 59.1 Å². The van der Waals surface area contributed by atoms with Crippen LogP contribution in [-0.2, 0) is 5.75 Å². The van der Waals surface area contributed by atoms with E-state index in [1.807, 2.05) is 48.5 Å². The van der Waals surface area contributed by atoms with Crippen LogP contribution >= 0.6 is 23.4 Å². The highest BCUT2D eigenvalue weighted by Gasteiger charge is 2.06. The van der Waals surface area contributed by atoms with E-state index in [9.17, 15) is 5.11 Å². The molecule has 5 heteroatoms. The van der Waals surface area contributed by atoms with Crippen LogP contribution in [0.2, 0.25) is 5.02 Å². The van der Waals surface area contributed by atoms with E-state index < -0.39 is 6.10 Å². The second-order valence-electron chi connectivity index (χ2n) is 4.63. The number of nitrogens with one attached hydrogen (secondary N) is 1. The summed E-state index contributed by atoms with van der Waals surface area (Å²) < 4.78 is 0. The van der Waals surface area contributed by atoms with Gasteiger partial charge in [0.2, 0.25) is 0 Å². The average Bonchev–Trinajstić information content (AvgIpc) is 2.51. The summed E-state index contributed by atoms with van der Waals surface area (Å²) in [5.41, 5.74) is 2.12. The van der Waals surface area contributed by atoms with Crippen molar-refractivity contribution in [2.45, 2.75) is 16.8 Å². The van der Waals surface area contributed by atoms with Crippen LogP contribution in [0.25, 0.3) is 0 Å². The Labute approximate surface area is 134 Å². The van der Waals surface area contributed by atoms with Gasteiger partial charge in [0, 0.05) is 27.9 Å². The molecular formula is C16H18ClNO2S. The van der Waals surface area contributed by atoms with Crippen LogP contribution in [0.1, 0.15) is 5.56 Å². The number of anilines is 1. The van der Waals surface area contributed by atoms with Crippen LogP contribution in [0, 0.1) is 0 Å². The number of halogens is 1. The van der Waals surface area contributed by atoms with E-state index in [-0.39, 0.29) is 6.61 Å². The van der Waals surface area contributed by atoms with Crippen molar-refractivity contribution >= 4 is 29.1 Å². The largest absolute Gasteiger partial charge is 0.394 e. The molecule has 0 aromatic heterocycles. The summed E-state index contributed by atoms with van der Waals surface area (Å²) >= 11 is 7.69. The molecule has 0 bridgehead atoms. The molecule has 0 amide bonds. The van der Waals surface area contributed by atoms with Gasteiger partial charge in [-0.15, -0.1) is 11.8 Å². The Morgan fingerprint density at radius 1 is 1.14 bits per heavy atom. The van der Waals surface area contributed by atoms with E-state index >= 15 is 0 Å². The third-order valence-corrected chi connectivity index (χ3v) is 4.29. The molecule has 0 saturated carbocycles. The first kappa shape index (κ1) is 16.2. The second kappa shape index (κ2) is 8.29. The molecule has 2 aromatic rings. The fourth-order valence-corrected chi connectivity index (χ4v) is 3.00. The van der Waals surface area contributed by atoms with Gasteiger partial charge in [0.05, 0.1) is 12.7 Å². The van der Waals surface area contributed by atoms with E-state index in [0.29, 0.717) is 6.54 Å². The Hall–Kier alpha value is -1.20. The van der Waals surface area contributed by atoms with E-state index in [4.69, 9.17) is 16.7 Å².